The molecule has 0 radical (unpaired) electrons. The normalized spacial score (nSPS) is 13.8. The van der Waals surface area contributed by atoms with E-state index in [9.17, 15) is 22.8 Å². The van der Waals surface area contributed by atoms with Crippen molar-refractivity contribution >= 4 is 33.4 Å². The Balaban J connectivity index is 1.88. The summed E-state index contributed by atoms with van der Waals surface area (Å²) in [5.74, 6) is -1.43. The average molecular weight is 479 g/mol. The minimum absolute atomic E-state index is 0.0924. The van der Waals surface area contributed by atoms with Crippen LogP contribution in [0.5, 0.6) is 17.2 Å². The number of nitrogens with zero attached hydrogens (tertiary/aromatic N) is 1. The summed E-state index contributed by atoms with van der Waals surface area (Å²) < 4.78 is 41.8. The lowest BCUT2D eigenvalue weighted by Crippen LogP contribution is -2.34. The van der Waals surface area contributed by atoms with Crippen LogP contribution in [0, 0.1) is 0 Å². The zero-order valence-corrected chi connectivity index (χ0v) is 18.7. The third kappa shape index (κ3) is 4.40. The molecule has 3 amide bonds. The van der Waals surface area contributed by atoms with Crippen LogP contribution in [0.4, 0.5) is 5.69 Å². The number of nitrogens with one attached hydrogen (secondary N) is 2. The van der Waals surface area contributed by atoms with Crippen molar-refractivity contribution < 1.29 is 42.2 Å². The first kappa shape index (κ1) is 23.8. The van der Waals surface area contributed by atoms with Gasteiger partial charge in [0.1, 0.15) is 4.90 Å². The summed E-state index contributed by atoms with van der Waals surface area (Å²) in [6.45, 7) is -0.449. The fraction of sp³-hybridized carbons (Fsp3) is 0.250. The minimum Gasteiger partial charge on any atom is -0.493 e. The zero-order chi connectivity index (χ0) is 24.3. The van der Waals surface area contributed by atoms with E-state index >= 15 is 0 Å². The van der Waals surface area contributed by atoms with Crippen LogP contribution in [0.25, 0.3) is 0 Å². The Morgan fingerprint density at radius 1 is 1.03 bits per heavy atom. The lowest BCUT2D eigenvalue weighted by Gasteiger charge is -2.14. The molecule has 176 valence electrons. The highest BCUT2D eigenvalue weighted by Gasteiger charge is 2.41. The van der Waals surface area contributed by atoms with E-state index in [2.05, 4.69) is 5.32 Å². The lowest BCUT2D eigenvalue weighted by atomic mass is 10.1. The first-order valence-electron chi connectivity index (χ1n) is 9.43. The number of hydroxylamine groups is 1. The monoisotopic (exact) mass is 479 g/mol. The molecule has 0 aromatic heterocycles. The molecule has 0 aliphatic carbocycles. The van der Waals surface area contributed by atoms with Crippen molar-refractivity contribution in [1.29, 1.82) is 0 Å². The molecule has 1 heterocycles. The van der Waals surface area contributed by atoms with E-state index in [1.165, 1.54) is 51.1 Å². The molecule has 3 N–H and O–H groups in total. The Labute approximate surface area is 189 Å². The summed E-state index contributed by atoms with van der Waals surface area (Å²) >= 11 is 0. The van der Waals surface area contributed by atoms with Gasteiger partial charge in [0.2, 0.25) is 11.7 Å². The van der Waals surface area contributed by atoms with Crippen molar-refractivity contribution in [2.24, 2.45) is 0 Å². The van der Waals surface area contributed by atoms with Crippen LogP contribution in [-0.4, -0.2) is 63.5 Å². The number of amides is 3. The third-order valence-electron chi connectivity index (χ3n) is 4.86. The maximum Gasteiger partial charge on any atom is 0.269 e. The van der Waals surface area contributed by atoms with Crippen LogP contribution < -0.4 is 25.0 Å². The molecule has 0 fully saturated rings. The maximum absolute atomic E-state index is 12.8. The molecule has 0 atom stereocenters. The highest BCUT2D eigenvalue weighted by molar-refractivity contribution is 7.90. The summed E-state index contributed by atoms with van der Waals surface area (Å²) in [5.41, 5.74) is 1.56. The number of hydrogen-bond acceptors (Lipinski definition) is 9. The molecular formula is C20H21N3O9S. The van der Waals surface area contributed by atoms with Gasteiger partial charge in [0.15, 0.2) is 11.5 Å². The van der Waals surface area contributed by atoms with Crippen LogP contribution in [0.15, 0.2) is 35.2 Å². The van der Waals surface area contributed by atoms with Crippen molar-refractivity contribution in [3.05, 3.63) is 41.5 Å². The first-order chi connectivity index (χ1) is 15.7. The number of anilines is 1. The van der Waals surface area contributed by atoms with Gasteiger partial charge in [-0.3, -0.25) is 19.6 Å². The summed E-state index contributed by atoms with van der Waals surface area (Å²) in [6.07, 6.45) is -0.416. The van der Waals surface area contributed by atoms with Gasteiger partial charge in [-0.25, -0.2) is 18.2 Å². The molecule has 0 saturated heterocycles. The van der Waals surface area contributed by atoms with Crippen molar-refractivity contribution in [3.8, 4) is 17.2 Å². The van der Waals surface area contributed by atoms with E-state index < -0.39 is 40.7 Å². The fourth-order valence-electron chi connectivity index (χ4n) is 3.25. The van der Waals surface area contributed by atoms with Crippen molar-refractivity contribution in [2.45, 2.75) is 11.3 Å². The number of carbonyl (C=O) groups excluding carboxylic acids is 3. The molecule has 0 unspecified atom stereocenters. The third-order valence-corrected chi connectivity index (χ3v) is 6.68. The van der Waals surface area contributed by atoms with Gasteiger partial charge in [-0.15, -0.1) is 0 Å². The molecule has 1 aliphatic rings. The largest absolute Gasteiger partial charge is 0.493 e. The SMILES string of the molecule is COc1cc(C(=O)Nc2ccc3c(c2)S(=O)(=O)N(CCC(=O)NO)C3=O)cc(OC)c1OC. The van der Waals surface area contributed by atoms with Crippen molar-refractivity contribution in [1.82, 2.24) is 9.79 Å². The molecule has 1 aliphatic heterocycles. The summed E-state index contributed by atoms with van der Waals surface area (Å²) in [5, 5.41) is 11.1. The predicted octanol–water partition coefficient (Wildman–Crippen LogP) is 1.00. The number of fused-ring (bicyclic) bond motifs is 1. The molecule has 12 nitrogen and oxygen atoms in total. The number of carbonyl (C=O) groups is 3. The number of benzene rings is 2. The van der Waals surface area contributed by atoms with E-state index in [4.69, 9.17) is 19.4 Å². The average Bonchev–Trinajstić information content (AvgIpc) is 3.00. The second kappa shape index (κ2) is 9.34. The smallest absolute Gasteiger partial charge is 0.269 e. The number of hydrogen-bond donors (Lipinski definition) is 3. The van der Waals surface area contributed by atoms with Crippen molar-refractivity contribution in [2.75, 3.05) is 33.2 Å². The van der Waals surface area contributed by atoms with Gasteiger partial charge in [-0.2, -0.15) is 0 Å². The Kier molecular flexibility index (Phi) is 6.74. The van der Waals surface area contributed by atoms with Gasteiger partial charge in [0.05, 0.1) is 26.9 Å². The van der Waals surface area contributed by atoms with Gasteiger partial charge in [0, 0.05) is 24.2 Å². The van der Waals surface area contributed by atoms with E-state index in [1.54, 1.807) is 0 Å². The maximum atomic E-state index is 12.8. The van der Waals surface area contributed by atoms with E-state index in [1.807, 2.05) is 0 Å². The van der Waals surface area contributed by atoms with Crippen LogP contribution in [0.1, 0.15) is 27.1 Å². The number of sulfonamides is 1. The Hall–Kier alpha value is -3.84. The van der Waals surface area contributed by atoms with Crippen LogP contribution >= 0.6 is 0 Å². The first-order valence-corrected chi connectivity index (χ1v) is 10.9. The lowest BCUT2D eigenvalue weighted by molar-refractivity contribution is -0.129. The van der Waals surface area contributed by atoms with Crippen LogP contribution in [-0.2, 0) is 14.8 Å². The standard InChI is InChI=1S/C20H21N3O9S/c1-30-14-8-11(9-15(31-2)18(14)32-3)19(25)21-12-4-5-13-16(10-12)33(28,29)23(20(13)26)7-6-17(24)22-27/h4-5,8-10,27H,6-7H2,1-3H3,(H,21,25)(H,22,24). The molecule has 13 heteroatoms. The van der Waals surface area contributed by atoms with Crippen LogP contribution in [0.2, 0.25) is 0 Å². The number of ether oxygens (including phenoxy) is 3. The fourth-order valence-corrected chi connectivity index (χ4v) is 4.84. The molecular weight excluding hydrogens is 458 g/mol. The molecule has 0 spiro atoms. The van der Waals surface area contributed by atoms with Gasteiger partial charge >= 0.3 is 0 Å². The summed E-state index contributed by atoms with van der Waals surface area (Å²) in [7, 11) is -0.0157. The highest BCUT2D eigenvalue weighted by Crippen LogP contribution is 2.38. The zero-order valence-electron chi connectivity index (χ0n) is 17.9. The van der Waals surface area contributed by atoms with Crippen molar-refractivity contribution in [3.63, 3.8) is 0 Å². The van der Waals surface area contributed by atoms with Crippen LogP contribution in [0.3, 0.4) is 0 Å². The van der Waals surface area contributed by atoms with E-state index in [-0.39, 0.29) is 33.2 Å². The second-order valence-electron chi connectivity index (χ2n) is 6.75. The number of rotatable bonds is 8. The highest BCUT2D eigenvalue weighted by atomic mass is 32.2. The molecule has 0 bridgehead atoms. The number of methoxy groups -OCH3 is 3. The summed E-state index contributed by atoms with van der Waals surface area (Å²) in [6, 6.07) is 6.67. The molecule has 3 rings (SSSR count). The topological polar surface area (TPSA) is 161 Å². The summed E-state index contributed by atoms with van der Waals surface area (Å²) in [4.78, 5) is 36.2. The Bertz CT molecular complexity index is 1200. The minimum atomic E-state index is -4.24. The van der Waals surface area contributed by atoms with E-state index in [0.717, 1.165) is 6.07 Å². The van der Waals surface area contributed by atoms with Gasteiger partial charge in [-0.1, -0.05) is 0 Å². The van der Waals surface area contributed by atoms with Gasteiger partial charge in [0.25, 0.3) is 21.8 Å². The molecule has 33 heavy (non-hydrogen) atoms. The molecule has 2 aromatic carbocycles. The molecule has 0 saturated carbocycles. The van der Waals surface area contributed by atoms with Gasteiger partial charge in [-0.05, 0) is 30.3 Å². The Morgan fingerprint density at radius 3 is 2.21 bits per heavy atom. The Morgan fingerprint density at radius 2 is 1.67 bits per heavy atom. The molecule has 2 aromatic rings. The van der Waals surface area contributed by atoms with E-state index in [0.29, 0.717) is 10.1 Å². The second-order valence-corrected chi connectivity index (χ2v) is 8.58. The quantitative estimate of drug-likeness (QED) is 0.371. The van der Waals surface area contributed by atoms with Gasteiger partial charge < -0.3 is 19.5 Å². The predicted molar refractivity (Wildman–Crippen MR) is 113 cm³/mol.